The summed E-state index contributed by atoms with van der Waals surface area (Å²) in [6, 6.07) is 0. The fourth-order valence-corrected chi connectivity index (χ4v) is 4.15. The smallest absolute Gasteiger partial charge is 0.225 e. The van der Waals surface area contributed by atoms with Crippen LogP contribution < -0.4 is 5.32 Å². The first kappa shape index (κ1) is 20.7. The number of carbonyl (C=O) groups excluding carboxylic acids is 2. The molecule has 1 saturated carbocycles. The van der Waals surface area contributed by atoms with E-state index in [1.807, 2.05) is 4.90 Å². The molecule has 0 radical (unpaired) electrons. The van der Waals surface area contributed by atoms with Gasteiger partial charge in [0.15, 0.2) is 0 Å². The molecule has 0 bridgehead atoms. The van der Waals surface area contributed by atoms with Crippen LogP contribution in [0.3, 0.4) is 0 Å². The van der Waals surface area contributed by atoms with Crippen molar-refractivity contribution in [3.8, 4) is 0 Å². The number of nitrogens with one attached hydrogen (secondary N) is 1. The maximum absolute atomic E-state index is 12.6. The minimum Gasteiger partial charge on any atom is -0.387 e. The second-order valence-corrected chi connectivity index (χ2v) is 7.97. The number of likely N-dealkylation sites (tertiary alicyclic amines) is 1. The summed E-state index contributed by atoms with van der Waals surface area (Å²) in [6.45, 7) is 8.81. The van der Waals surface area contributed by atoms with Crippen LogP contribution in [-0.2, 0) is 9.59 Å². The van der Waals surface area contributed by atoms with E-state index < -0.39 is 5.60 Å². The highest BCUT2D eigenvalue weighted by molar-refractivity contribution is 5.83. The Hall–Kier alpha value is -1.62. The molecule has 1 aliphatic carbocycles. The van der Waals surface area contributed by atoms with Crippen LogP contribution in [0, 0.1) is 11.8 Å². The van der Waals surface area contributed by atoms with Gasteiger partial charge >= 0.3 is 0 Å². The summed E-state index contributed by atoms with van der Waals surface area (Å²) in [7, 11) is 0. The Labute approximate surface area is 157 Å². The molecule has 1 atom stereocenters. The quantitative estimate of drug-likeness (QED) is 0.620. The van der Waals surface area contributed by atoms with Gasteiger partial charge in [0.25, 0.3) is 0 Å². The molecular formula is C21H34N2O3. The zero-order valence-electron chi connectivity index (χ0n) is 15.9. The van der Waals surface area contributed by atoms with Crippen molar-refractivity contribution < 1.29 is 14.7 Å². The van der Waals surface area contributed by atoms with E-state index in [4.69, 9.17) is 0 Å². The van der Waals surface area contributed by atoms with Crippen LogP contribution in [0.5, 0.6) is 0 Å². The molecule has 2 rings (SSSR count). The average molecular weight is 363 g/mol. The minimum atomic E-state index is -1.04. The molecule has 5 nitrogen and oxygen atoms in total. The van der Waals surface area contributed by atoms with E-state index in [0.717, 1.165) is 6.54 Å². The summed E-state index contributed by atoms with van der Waals surface area (Å²) in [5.74, 6) is 0.500. The van der Waals surface area contributed by atoms with E-state index in [9.17, 15) is 14.7 Å². The van der Waals surface area contributed by atoms with E-state index >= 15 is 0 Å². The number of hydrogen-bond donors (Lipinski definition) is 2. The van der Waals surface area contributed by atoms with Gasteiger partial charge in [0.1, 0.15) is 0 Å². The third-order valence-electron chi connectivity index (χ3n) is 5.71. The third-order valence-corrected chi connectivity index (χ3v) is 5.71. The fraction of sp³-hybridized carbons (Fsp3) is 0.714. The number of carbonyl (C=O) groups is 2. The van der Waals surface area contributed by atoms with Gasteiger partial charge in [-0.3, -0.25) is 9.59 Å². The molecule has 0 aromatic rings. The zero-order chi connectivity index (χ0) is 19.0. The van der Waals surface area contributed by atoms with Crippen molar-refractivity contribution in [3.05, 3.63) is 25.3 Å². The average Bonchev–Trinajstić information content (AvgIpc) is 2.63. The van der Waals surface area contributed by atoms with E-state index in [2.05, 4.69) is 18.5 Å². The number of amides is 2. The standard InChI is InChI=1S/C21H34N2O3/c1-3-12-21(26,13-4-2)16-22-20(25)18-10-11-19(24)23(15-18)14-17-8-6-5-7-9-17/h3-4,17-18,26H,1-2,5-16H2,(H,22,25)/t18-/m0/s1. The number of nitrogens with zero attached hydrogens (tertiary/aromatic N) is 1. The Balaban J connectivity index is 1.86. The molecule has 2 N–H and O–H groups in total. The van der Waals surface area contributed by atoms with Crippen LogP contribution in [0.4, 0.5) is 0 Å². The van der Waals surface area contributed by atoms with Gasteiger partial charge in [0, 0.05) is 26.1 Å². The van der Waals surface area contributed by atoms with E-state index in [-0.39, 0.29) is 24.3 Å². The summed E-state index contributed by atoms with van der Waals surface area (Å²) < 4.78 is 0. The molecule has 1 saturated heterocycles. The van der Waals surface area contributed by atoms with Gasteiger partial charge in [0.05, 0.1) is 11.5 Å². The second kappa shape index (κ2) is 9.91. The highest BCUT2D eigenvalue weighted by atomic mass is 16.3. The lowest BCUT2D eigenvalue weighted by atomic mass is 9.87. The summed E-state index contributed by atoms with van der Waals surface area (Å²) in [4.78, 5) is 26.7. The summed E-state index contributed by atoms with van der Waals surface area (Å²) in [5.41, 5.74) is -1.04. The van der Waals surface area contributed by atoms with Gasteiger partial charge < -0.3 is 15.3 Å². The van der Waals surface area contributed by atoms with E-state index in [1.165, 1.54) is 32.1 Å². The molecule has 0 aromatic carbocycles. The van der Waals surface area contributed by atoms with Gasteiger partial charge in [-0.25, -0.2) is 0 Å². The summed E-state index contributed by atoms with van der Waals surface area (Å²) >= 11 is 0. The molecule has 146 valence electrons. The van der Waals surface area contributed by atoms with Crippen LogP contribution in [0.25, 0.3) is 0 Å². The van der Waals surface area contributed by atoms with Gasteiger partial charge in [0.2, 0.25) is 11.8 Å². The summed E-state index contributed by atoms with van der Waals surface area (Å²) in [6.07, 6.45) is 11.3. The monoisotopic (exact) mass is 362 g/mol. The van der Waals surface area contributed by atoms with Crippen LogP contribution in [0.1, 0.15) is 57.8 Å². The van der Waals surface area contributed by atoms with Gasteiger partial charge in [-0.15, -0.1) is 13.2 Å². The Morgan fingerprint density at radius 1 is 1.19 bits per heavy atom. The predicted molar refractivity (Wildman–Crippen MR) is 103 cm³/mol. The van der Waals surface area contributed by atoms with Crippen LogP contribution in [0.2, 0.25) is 0 Å². The first-order valence-corrected chi connectivity index (χ1v) is 9.97. The number of aliphatic hydroxyl groups is 1. The van der Waals surface area contributed by atoms with Crippen molar-refractivity contribution >= 4 is 11.8 Å². The molecule has 0 aromatic heterocycles. The largest absolute Gasteiger partial charge is 0.387 e. The van der Waals surface area contributed by atoms with Crippen molar-refractivity contribution in [3.63, 3.8) is 0 Å². The van der Waals surface area contributed by atoms with Gasteiger partial charge in [-0.1, -0.05) is 31.4 Å². The number of rotatable bonds is 9. The van der Waals surface area contributed by atoms with Crippen LogP contribution >= 0.6 is 0 Å². The first-order valence-electron chi connectivity index (χ1n) is 9.97. The lowest BCUT2D eigenvalue weighted by Crippen LogP contribution is -2.50. The minimum absolute atomic E-state index is 0.0716. The Morgan fingerprint density at radius 3 is 2.46 bits per heavy atom. The van der Waals surface area contributed by atoms with Crippen molar-refractivity contribution in [2.45, 2.75) is 63.4 Å². The molecule has 2 amide bonds. The fourth-order valence-electron chi connectivity index (χ4n) is 4.15. The van der Waals surface area contributed by atoms with Gasteiger partial charge in [-0.2, -0.15) is 0 Å². The van der Waals surface area contributed by atoms with Crippen molar-refractivity contribution in [2.75, 3.05) is 19.6 Å². The maximum Gasteiger partial charge on any atom is 0.225 e. The Morgan fingerprint density at radius 2 is 1.85 bits per heavy atom. The number of piperidine rings is 1. The maximum atomic E-state index is 12.6. The molecule has 2 aliphatic rings. The molecule has 0 unspecified atom stereocenters. The zero-order valence-corrected chi connectivity index (χ0v) is 15.9. The van der Waals surface area contributed by atoms with Crippen LogP contribution in [0.15, 0.2) is 25.3 Å². The van der Waals surface area contributed by atoms with Crippen molar-refractivity contribution in [1.82, 2.24) is 10.2 Å². The lowest BCUT2D eigenvalue weighted by Gasteiger charge is -2.36. The molecule has 5 heteroatoms. The molecule has 1 aliphatic heterocycles. The second-order valence-electron chi connectivity index (χ2n) is 7.97. The SMILES string of the molecule is C=CCC(O)(CC=C)CNC(=O)[C@H]1CCC(=O)N(CC2CCCCC2)C1. The highest BCUT2D eigenvalue weighted by Crippen LogP contribution is 2.27. The normalized spacial score (nSPS) is 22.1. The Bertz CT molecular complexity index is 501. The lowest BCUT2D eigenvalue weighted by molar-refractivity contribution is -0.139. The van der Waals surface area contributed by atoms with Crippen LogP contribution in [-0.4, -0.2) is 47.1 Å². The van der Waals surface area contributed by atoms with E-state index in [1.54, 1.807) is 12.2 Å². The molecule has 26 heavy (non-hydrogen) atoms. The first-order chi connectivity index (χ1) is 12.5. The molecule has 1 heterocycles. The molecular weight excluding hydrogens is 328 g/mol. The highest BCUT2D eigenvalue weighted by Gasteiger charge is 2.33. The van der Waals surface area contributed by atoms with Gasteiger partial charge in [-0.05, 0) is 38.0 Å². The number of hydrogen-bond acceptors (Lipinski definition) is 3. The van der Waals surface area contributed by atoms with E-state index in [0.29, 0.717) is 38.1 Å². The third kappa shape index (κ3) is 5.97. The van der Waals surface area contributed by atoms with Crippen molar-refractivity contribution in [1.29, 1.82) is 0 Å². The summed E-state index contributed by atoms with van der Waals surface area (Å²) in [5, 5.41) is 13.4. The van der Waals surface area contributed by atoms with Crippen molar-refractivity contribution in [2.24, 2.45) is 11.8 Å². The Kier molecular flexibility index (Phi) is 7.88. The molecule has 0 spiro atoms. The topological polar surface area (TPSA) is 69.6 Å². The predicted octanol–water partition coefficient (Wildman–Crippen LogP) is 2.80. The molecule has 2 fully saturated rings.